The van der Waals surface area contributed by atoms with Crippen LogP contribution in [0.2, 0.25) is 0 Å². The summed E-state index contributed by atoms with van der Waals surface area (Å²) in [5, 5.41) is 3.00. The first-order valence-corrected chi connectivity index (χ1v) is 10.1. The summed E-state index contributed by atoms with van der Waals surface area (Å²) in [5.74, 6) is 1.60. The molecule has 30 heavy (non-hydrogen) atoms. The van der Waals surface area contributed by atoms with E-state index in [1.807, 2.05) is 18.2 Å². The van der Waals surface area contributed by atoms with Crippen molar-refractivity contribution in [3.63, 3.8) is 0 Å². The molecule has 4 aromatic rings. The van der Waals surface area contributed by atoms with Crippen LogP contribution in [0.1, 0.15) is 27.3 Å². The Kier molecular flexibility index (Phi) is 5.80. The maximum Gasteiger partial charge on any atom is 0.251 e. The molecule has 5 nitrogen and oxygen atoms in total. The van der Waals surface area contributed by atoms with Crippen molar-refractivity contribution in [1.29, 1.82) is 0 Å². The number of rotatable bonds is 7. The minimum absolute atomic E-state index is 0.0981. The fraction of sp³-hybridized carbons (Fsp3) is 0.200. The molecule has 4 rings (SSSR count). The zero-order valence-electron chi connectivity index (χ0n) is 17.3. The molecule has 0 unspecified atom stereocenters. The van der Waals surface area contributed by atoms with Gasteiger partial charge in [0, 0.05) is 25.1 Å². The van der Waals surface area contributed by atoms with Gasteiger partial charge in [0.05, 0.1) is 18.1 Å². The smallest absolute Gasteiger partial charge is 0.251 e. The van der Waals surface area contributed by atoms with Crippen molar-refractivity contribution >= 4 is 16.9 Å². The van der Waals surface area contributed by atoms with Crippen molar-refractivity contribution in [1.82, 2.24) is 14.9 Å². The molecule has 0 fully saturated rings. The summed E-state index contributed by atoms with van der Waals surface area (Å²) in [6.07, 6.45) is 0.655. The fourth-order valence-corrected chi connectivity index (χ4v) is 3.62. The number of carbonyl (C=O) groups excluding carboxylic acids is 1. The van der Waals surface area contributed by atoms with E-state index in [1.165, 1.54) is 11.1 Å². The minimum Gasteiger partial charge on any atom is -0.497 e. The lowest BCUT2D eigenvalue weighted by Crippen LogP contribution is -2.26. The first kappa shape index (κ1) is 19.7. The molecule has 0 saturated heterocycles. The standard InChI is InChI=1S/C25H25N3O2/c1-18-6-5-7-19(16-18)17-28-23-9-4-3-8-22(23)27-24(28)14-15-26-25(29)20-10-12-21(30-2)13-11-20/h3-13,16H,14-15,17H2,1-2H3,(H,26,29). The zero-order valence-corrected chi connectivity index (χ0v) is 17.3. The van der Waals surface area contributed by atoms with Crippen LogP contribution in [0.4, 0.5) is 0 Å². The molecule has 152 valence electrons. The van der Waals surface area contributed by atoms with Gasteiger partial charge in [0.1, 0.15) is 11.6 Å². The Morgan fingerprint density at radius 3 is 2.60 bits per heavy atom. The van der Waals surface area contributed by atoms with E-state index in [1.54, 1.807) is 31.4 Å². The van der Waals surface area contributed by atoms with Crippen molar-refractivity contribution in [3.05, 3.63) is 95.3 Å². The Labute approximate surface area is 176 Å². The van der Waals surface area contributed by atoms with Gasteiger partial charge in [-0.05, 0) is 48.9 Å². The molecule has 5 heteroatoms. The number of hydrogen-bond donors (Lipinski definition) is 1. The van der Waals surface area contributed by atoms with Crippen molar-refractivity contribution < 1.29 is 9.53 Å². The van der Waals surface area contributed by atoms with Gasteiger partial charge < -0.3 is 14.6 Å². The summed E-state index contributed by atoms with van der Waals surface area (Å²) in [4.78, 5) is 17.3. The number of ether oxygens (including phenoxy) is 1. The second kappa shape index (κ2) is 8.82. The highest BCUT2D eigenvalue weighted by atomic mass is 16.5. The highest BCUT2D eigenvalue weighted by Crippen LogP contribution is 2.19. The number of methoxy groups -OCH3 is 1. The minimum atomic E-state index is -0.0981. The topological polar surface area (TPSA) is 56.1 Å². The summed E-state index contributed by atoms with van der Waals surface area (Å²) in [7, 11) is 1.61. The van der Waals surface area contributed by atoms with Gasteiger partial charge in [0.2, 0.25) is 0 Å². The van der Waals surface area contributed by atoms with E-state index < -0.39 is 0 Å². The molecule has 1 amide bonds. The third-order valence-electron chi connectivity index (χ3n) is 5.14. The van der Waals surface area contributed by atoms with Crippen LogP contribution >= 0.6 is 0 Å². The Hall–Kier alpha value is -3.60. The van der Waals surface area contributed by atoms with E-state index in [0.717, 1.165) is 29.2 Å². The van der Waals surface area contributed by atoms with Gasteiger partial charge in [-0.1, -0.05) is 42.0 Å². The van der Waals surface area contributed by atoms with Crippen LogP contribution in [0.15, 0.2) is 72.8 Å². The molecule has 1 aromatic heterocycles. The molecule has 0 spiro atoms. The zero-order chi connectivity index (χ0) is 20.9. The molecule has 0 aliphatic rings. The number of aryl methyl sites for hydroxylation is 1. The summed E-state index contributed by atoms with van der Waals surface area (Å²) >= 11 is 0. The number of imidazole rings is 1. The predicted octanol–water partition coefficient (Wildman–Crippen LogP) is 4.37. The maximum atomic E-state index is 12.4. The molecule has 3 aromatic carbocycles. The first-order valence-electron chi connectivity index (χ1n) is 10.1. The Morgan fingerprint density at radius 2 is 1.83 bits per heavy atom. The van der Waals surface area contributed by atoms with Gasteiger partial charge in [-0.3, -0.25) is 4.79 Å². The average molecular weight is 399 g/mol. The first-order chi connectivity index (χ1) is 14.6. The monoisotopic (exact) mass is 399 g/mol. The second-order valence-corrected chi connectivity index (χ2v) is 7.33. The van der Waals surface area contributed by atoms with E-state index >= 15 is 0 Å². The van der Waals surface area contributed by atoms with Gasteiger partial charge in [0.25, 0.3) is 5.91 Å². The molecule has 0 bridgehead atoms. The lowest BCUT2D eigenvalue weighted by Gasteiger charge is -2.11. The van der Waals surface area contributed by atoms with E-state index in [0.29, 0.717) is 18.5 Å². The SMILES string of the molecule is COc1ccc(C(=O)NCCc2nc3ccccc3n2Cc2cccc(C)c2)cc1. The predicted molar refractivity (Wildman–Crippen MR) is 119 cm³/mol. The lowest BCUT2D eigenvalue weighted by atomic mass is 10.1. The number of aromatic nitrogens is 2. The van der Waals surface area contributed by atoms with Gasteiger partial charge >= 0.3 is 0 Å². The average Bonchev–Trinajstić information content (AvgIpc) is 3.11. The molecule has 0 radical (unpaired) electrons. The Morgan fingerprint density at radius 1 is 1.03 bits per heavy atom. The van der Waals surface area contributed by atoms with Crippen molar-refractivity contribution in [2.75, 3.05) is 13.7 Å². The summed E-state index contributed by atoms with van der Waals surface area (Å²) in [5.41, 5.74) is 5.17. The van der Waals surface area contributed by atoms with Crippen molar-refractivity contribution in [2.24, 2.45) is 0 Å². The van der Waals surface area contributed by atoms with E-state index in [9.17, 15) is 4.79 Å². The molecule has 0 atom stereocenters. The van der Waals surface area contributed by atoms with Crippen LogP contribution in [0.3, 0.4) is 0 Å². The van der Waals surface area contributed by atoms with Crippen LogP contribution < -0.4 is 10.1 Å². The van der Waals surface area contributed by atoms with Crippen LogP contribution in [-0.2, 0) is 13.0 Å². The second-order valence-electron chi connectivity index (χ2n) is 7.33. The number of carbonyl (C=O) groups is 1. The third kappa shape index (κ3) is 4.35. The van der Waals surface area contributed by atoms with Crippen molar-refractivity contribution in [3.8, 4) is 5.75 Å². The summed E-state index contributed by atoms with van der Waals surface area (Å²) in [6.45, 7) is 3.37. The van der Waals surface area contributed by atoms with Gasteiger partial charge in [-0.25, -0.2) is 4.98 Å². The molecule has 1 heterocycles. The van der Waals surface area contributed by atoms with Gasteiger partial charge in [0.15, 0.2) is 0 Å². The fourth-order valence-electron chi connectivity index (χ4n) is 3.62. The van der Waals surface area contributed by atoms with Crippen molar-refractivity contribution in [2.45, 2.75) is 19.9 Å². The van der Waals surface area contributed by atoms with E-state index in [4.69, 9.17) is 9.72 Å². The number of para-hydroxylation sites is 2. The molecule has 0 aliphatic heterocycles. The number of benzene rings is 3. The molecule has 1 N–H and O–H groups in total. The summed E-state index contributed by atoms with van der Waals surface area (Å²) in [6, 6.07) is 23.8. The van der Waals surface area contributed by atoms with Gasteiger partial charge in [-0.2, -0.15) is 0 Å². The van der Waals surface area contributed by atoms with Crippen LogP contribution in [0.25, 0.3) is 11.0 Å². The highest BCUT2D eigenvalue weighted by Gasteiger charge is 2.12. The number of nitrogens with zero attached hydrogens (tertiary/aromatic N) is 2. The molecular formula is C25H25N3O2. The maximum absolute atomic E-state index is 12.4. The number of fused-ring (bicyclic) bond motifs is 1. The highest BCUT2D eigenvalue weighted by molar-refractivity contribution is 5.94. The van der Waals surface area contributed by atoms with Crippen LogP contribution in [0.5, 0.6) is 5.75 Å². The Bertz CT molecular complexity index is 1160. The molecule has 0 aliphatic carbocycles. The number of nitrogens with one attached hydrogen (secondary N) is 1. The summed E-state index contributed by atoms with van der Waals surface area (Å²) < 4.78 is 7.38. The Balaban J connectivity index is 1.50. The molecule has 0 saturated carbocycles. The third-order valence-corrected chi connectivity index (χ3v) is 5.14. The normalized spacial score (nSPS) is 10.9. The van der Waals surface area contributed by atoms with E-state index in [2.05, 4.69) is 47.1 Å². The lowest BCUT2D eigenvalue weighted by molar-refractivity contribution is 0.0954. The quantitative estimate of drug-likeness (QED) is 0.502. The van der Waals surface area contributed by atoms with Gasteiger partial charge in [-0.15, -0.1) is 0 Å². The largest absolute Gasteiger partial charge is 0.497 e. The molecular weight excluding hydrogens is 374 g/mol. The van der Waals surface area contributed by atoms with Crippen LogP contribution in [-0.4, -0.2) is 29.1 Å². The van der Waals surface area contributed by atoms with E-state index in [-0.39, 0.29) is 5.91 Å². The number of amides is 1. The van der Waals surface area contributed by atoms with Crippen LogP contribution in [0, 0.1) is 6.92 Å². The number of hydrogen-bond acceptors (Lipinski definition) is 3.